The number of amides is 2. The minimum absolute atomic E-state index is 0.0807. The summed E-state index contributed by atoms with van der Waals surface area (Å²) in [5.74, 6) is -0.432. The molecule has 0 aliphatic carbocycles. The lowest BCUT2D eigenvalue weighted by Gasteiger charge is -2.27. The zero-order valence-corrected chi connectivity index (χ0v) is 21.6. The number of benzene rings is 3. The standard InChI is InChI=1S/C27H28ClN3O4S/c1-36(34,35)31(23-9-7-8-22(28)18-23)19-20-12-14-21(15-13-20)26(32)29-25-11-4-3-10-24(25)27(33)30-16-5-2-6-17-30/h3-4,7-15,18H,2,5-6,16-17,19H2,1H3,(H,29,32). The fourth-order valence-corrected chi connectivity index (χ4v) is 5.26. The first kappa shape index (κ1) is 25.7. The highest BCUT2D eigenvalue weighted by Crippen LogP contribution is 2.25. The summed E-state index contributed by atoms with van der Waals surface area (Å²) < 4.78 is 26.1. The molecule has 3 aromatic rings. The molecule has 0 atom stereocenters. The fourth-order valence-electron chi connectivity index (χ4n) is 4.20. The van der Waals surface area contributed by atoms with Crippen LogP contribution in [0.3, 0.4) is 0 Å². The number of nitrogens with zero attached hydrogens (tertiary/aromatic N) is 2. The molecule has 0 bridgehead atoms. The van der Waals surface area contributed by atoms with Gasteiger partial charge in [-0.05, 0) is 67.3 Å². The Kier molecular flexibility index (Phi) is 7.96. The van der Waals surface area contributed by atoms with Crippen molar-refractivity contribution in [3.63, 3.8) is 0 Å². The third-order valence-electron chi connectivity index (χ3n) is 6.09. The molecule has 0 radical (unpaired) electrons. The van der Waals surface area contributed by atoms with E-state index >= 15 is 0 Å². The van der Waals surface area contributed by atoms with Crippen molar-refractivity contribution >= 4 is 44.8 Å². The third kappa shape index (κ3) is 6.25. The maximum Gasteiger partial charge on any atom is 0.255 e. The molecule has 188 valence electrons. The molecule has 2 amide bonds. The topological polar surface area (TPSA) is 86.8 Å². The van der Waals surface area contributed by atoms with Crippen LogP contribution in [-0.4, -0.2) is 44.5 Å². The minimum atomic E-state index is -3.56. The number of para-hydroxylation sites is 1. The smallest absolute Gasteiger partial charge is 0.255 e. The minimum Gasteiger partial charge on any atom is -0.339 e. The normalized spacial score (nSPS) is 13.8. The number of sulfonamides is 1. The lowest BCUT2D eigenvalue weighted by atomic mass is 10.1. The number of halogens is 1. The molecule has 9 heteroatoms. The van der Waals surface area contributed by atoms with Crippen molar-refractivity contribution in [2.45, 2.75) is 25.8 Å². The van der Waals surface area contributed by atoms with E-state index in [1.54, 1.807) is 72.8 Å². The van der Waals surface area contributed by atoms with Crippen LogP contribution in [0.4, 0.5) is 11.4 Å². The average molecular weight is 526 g/mol. The van der Waals surface area contributed by atoms with Gasteiger partial charge in [-0.15, -0.1) is 0 Å². The van der Waals surface area contributed by atoms with Gasteiger partial charge in [0.1, 0.15) is 0 Å². The Morgan fingerprint density at radius 2 is 1.64 bits per heavy atom. The fraction of sp³-hybridized carbons (Fsp3) is 0.259. The van der Waals surface area contributed by atoms with Crippen molar-refractivity contribution < 1.29 is 18.0 Å². The number of likely N-dealkylation sites (tertiary alicyclic amines) is 1. The highest BCUT2D eigenvalue weighted by atomic mass is 35.5. The van der Waals surface area contributed by atoms with Crippen LogP contribution in [0.5, 0.6) is 0 Å². The lowest BCUT2D eigenvalue weighted by molar-refractivity contribution is 0.0725. The maximum absolute atomic E-state index is 13.0. The molecule has 0 saturated carbocycles. The molecule has 0 aromatic heterocycles. The second kappa shape index (κ2) is 11.1. The summed E-state index contributed by atoms with van der Waals surface area (Å²) in [6.45, 7) is 1.54. The van der Waals surface area contributed by atoms with Gasteiger partial charge in [-0.2, -0.15) is 0 Å². The number of nitrogens with one attached hydrogen (secondary N) is 1. The Morgan fingerprint density at radius 1 is 0.944 bits per heavy atom. The lowest BCUT2D eigenvalue weighted by Crippen LogP contribution is -2.36. The Hall–Kier alpha value is -3.36. The molecule has 4 rings (SSSR count). The van der Waals surface area contributed by atoms with Gasteiger partial charge >= 0.3 is 0 Å². The van der Waals surface area contributed by atoms with Gasteiger partial charge in [0.15, 0.2) is 0 Å². The van der Waals surface area contributed by atoms with E-state index in [0.29, 0.717) is 33.1 Å². The number of hydrogen-bond donors (Lipinski definition) is 1. The number of rotatable bonds is 7. The van der Waals surface area contributed by atoms with Crippen LogP contribution < -0.4 is 9.62 Å². The van der Waals surface area contributed by atoms with Gasteiger partial charge in [0.05, 0.1) is 29.7 Å². The van der Waals surface area contributed by atoms with Crippen LogP contribution in [0.1, 0.15) is 45.5 Å². The maximum atomic E-state index is 13.0. The zero-order valence-electron chi connectivity index (χ0n) is 20.0. The molecule has 1 aliphatic rings. The predicted molar refractivity (Wildman–Crippen MR) is 143 cm³/mol. The molecule has 0 unspecified atom stereocenters. The van der Waals surface area contributed by atoms with E-state index in [1.165, 1.54) is 4.31 Å². The summed E-state index contributed by atoms with van der Waals surface area (Å²) >= 11 is 6.05. The largest absolute Gasteiger partial charge is 0.339 e. The summed E-state index contributed by atoms with van der Waals surface area (Å²) in [5, 5.41) is 3.29. The van der Waals surface area contributed by atoms with Crippen LogP contribution in [0.2, 0.25) is 5.02 Å². The number of piperidine rings is 1. The second-order valence-electron chi connectivity index (χ2n) is 8.80. The first-order chi connectivity index (χ1) is 17.2. The molecule has 1 saturated heterocycles. The summed E-state index contributed by atoms with van der Waals surface area (Å²) in [6.07, 6.45) is 4.24. The van der Waals surface area contributed by atoms with Crippen LogP contribution >= 0.6 is 11.6 Å². The van der Waals surface area contributed by atoms with Crippen molar-refractivity contribution in [2.24, 2.45) is 0 Å². The van der Waals surface area contributed by atoms with Gasteiger partial charge in [0.25, 0.3) is 11.8 Å². The Balaban J connectivity index is 1.49. The molecule has 1 fully saturated rings. The SMILES string of the molecule is CS(=O)(=O)N(Cc1ccc(C(=O)Nc2ccccc2C(=O)N2CCCCC2)cc1)c1cccc(Cl)c1. The van der Waals surface area contributed by atoms with E-state index in [9.17, 15) is 18.0 Å². The first-order valence-corrected chi connectivity index (χ1v) is 14.0. The Labute approximate surface area is 216 Å². The molecule has 1 N–H and O–H groups in total. The van der Waals surface area contributed by atoms with E-state index in [-0.39, 0.29) is 18.4 Å². The molecular formula is C27H28ClN3O4S. The molecule has 7 nitrogen and oxygen atoms in total. The van der Waals surface area contributed by atoms with Gasteiger partial charge in [0.2, 0.25) is 10.0 Å². The van der Waals surface area contributed by atoms with Crippen molar-refractivity contribution in [2.75, 3.05) is 29.0 Å². The van der Waals surface area contributed by atoms with Gasteiger partial charge in [-0.1, -0.05) is 41.9 Å². The Bertz CT molecular complexity index is 1350. The van der Waals surface area contributed by atoms with E-state index in [4.69, 9.17) is 11.6 Å². The number of carbonyl (C=O) groups is 2. The van der Waals surface area contributed by atoms with Gasteiger partial charge in [-0.3, -0.25) is 13.9 Å². The van der Waals surface area contributed by atoms with E-state index in [0.717, 1.165) is 38.6 Å². The monoisotopic (exact) mass is 525 g/mol. The van der Waals surface area contributed by atoms with Gasteiger partial charge in [0, 0.05) is 23.7 Å². The van der Waals surface area contributed by atoms with Crippen LogP contribution in [0.25, 0.3) is 0 Å². The quantitative estimate of drug-likeness (QED) is 0.460. The second-order valence-corrected chi connectivity index (χ2v) is 11.1. The average Bonchev–Trinajstić information content (AvgIpc) is 2.87. The highest BCUT2D eigenvalue weighted by molar-refractivity contribution is 7.92. The van der Waals surface area contributed by atoms with Crippen LogP contribution in [0.15, 0.2) is 72.8 Å². The van der Waals surface area contributed by atoms with Crippen LogP contribution in [-0.2, 0) is 16.6 Å². The van der Waals surface area contributed by atoms with Crippen molar-refractivity contribution in [3.8, 4) is 0 Å². The van der Waals surface area contributed by atoms with Crippen molar-refractivity contribution in [3.05, 3.63) is 94.5 Å². The molecule has 3 aromatic carbocycles. The van der Waals surface area contributed by atoms with Crippen LogP contribution in [0, 0.1) is 0 Å². The van der Waals surface area contributed by atoms with Crippen molar-refractivity contribution in [1.82, 2.24) is 4.90 Å². The molecule has 36 heavy (non-hydrogen) atoms. The van der Waals surface area contributed by atoms with E-state index in [1.807, 2.05) is 4.90 Å². The summed E-state index contributed by atoms with van der Waals surface area (Å²) in [6, 6.07) is 20.3. The molecule has 1 heterocycles. The Morgan fingerprint density at radius 3 is 2.31 bits per heavy atom. The van der Waals surface area contributed by atoms with Gasteiger partial charge in [-0.25, -0.2) is 8.42 Å². The van der Waals surface area contributed by atoms with Gasteiger partial charge < -0.3 is 10.2 Å². The zero-order chi connectivity index (χ0) is 25.7. The number of anilines is 2. The summed E-state index contributed by atoms with van der Waals surface area (Å²) in [4.78, 5) is 27.8. The molecular weight excluding hydrogens is 498 g/mol. The number of hydrogen-bond acceptors (Lipinski definition) is 4. The first-order valence-electron chi connectivity index (χ1n) is 11.7. The molecule has 1 aliphatic heterocycles. The number of carbonyl (C=O) groups excluding carboxylic acids is 2. The third-order valence-corrected chi connectivity index (χ3v) is 7.46. The molecule has 0 spiro atoms. The summed E-state index contributed by atoms with van der Waals surface area (Å²) in [5.41, 5.74) is 2.49. The van der Waals surface area contributed by atoms with E-state index < -0.39 is 10.0 Å². The summed E-state index contributed by atoms with van der Waals surface area (Å²) in [7, 11) is -3.56. The van der Waals surface area contributed by atoms with E-state index in [2.05, 4.69) is 5.32 Å². The predicted octanol–water partition coefficient (Wildman–Crippen LogP) is 5.18. The van der Waals surface area contributed by atoms with Crippen molar-refractivity contribution in [1.29, 1.82) is 0 Å². The highest BCUT2D eigenvalue weighted by Gasteiger charge is 2.22.